The van der Waals surface area contributed by atoms with Crippen molar-refractivity contribution in [1.82, 2.24) is 19.3 Å². The highest BCUT2D eigenvalue weighted by molar-refractivity contribution is 6.04. The first-order valence-electron chi connectivity index (χ1n) is 6.29. The second-order valence-electron chi connectivity index (χ2n) is 4.75. The lowest BCUT2D eigenvalue weighted by Gasteiger charge is -2.16. The molecular formula is C14H11N5O. The van der Waals surface area contributed by atoms with Crippen molar-refractivity contribution in [2.75, 3.05) is 0 Å². The minimum absolute atomic E-state index is 0.0138. The largest absolute Gasteiger partial charge is 0.295 e. The lowest BCUT2D eigenvalue weighted by molar-refractivity contribution is 0.746. The fourth-order valence-electron chi connectivity index (χ4n) is 2.54. The zero-order valence-electron chi connectivity index (χ0n) is 10.8. The van der Waals surface area contributed by atoms with Crippen LogP contribution in [0, 0.1) is 0 Å². The Balaban J connectivity index is 1.99. The van der Waals surface area contributed by atoms with Crippen LogP contribution in [0.1, 0.15) is 6.04 Å². The van der Waals surface area contributed by atoms with Crippen LogP contribution in [0.15, 0.2) is 52.4 Å². The Bertz CT molecular complexity index is 853. The number of aliphatic imine (C=N–C) groups is 1. The molecule has 2 aromatic heterocycles. The summed E-state index contributed by atoms with van der Waals surface area (Å²) in [6, 6.07) is 3.37. The highest BCUT2D eigenvalue weighted by Gasteiger charge is 2.28. The van der Waals surface area contributed by atoms with E-state index in [1.165, 1.54) is 6.07 Å². The number of aryl methyl sites for hydroxylation is 1. The van der Waals surface area contributed by atoms with Crippen molar-refractivity contribution in [3.05, 3.63) is 53.0 Å². The van der Waals surface area contributed by atoms with Gasteiger partial charge >= 0.3 is 0 Å². The van der Waals surface area contributed by atoms with Crippen molar-refractivity contribution in [2.24, 2.45) is 12.0 Å². The Morgan fingerprint density at radius 1 is 1.30 bits per heavy atom. The second-order valence-corrected chi connectivity index (χ2v) is 4.75. The van der Waals surface area contributed by atoms with Crippen molar-refractivity contribution >= 4 is 11.7 Å². The number of rotatable bonds is 1. The molecule has 0 N–H and O–H groups in total. The van der Waals surface area contributed by atoms with E-state index in [4.69, 9.17) is 0 Å². The SMILES string of the molecule is Cn1ccc(-c2cc(=O)nc3n2C2C=CC=CC2=N3)n1. The molecule has 1 unspecified atom stereocenters. The average molecular weight is 265 g/mol. The molecule has 2 aromatic rings. The van der Waals surface area contributed by atoms with Crippen LogP contribution in [0.3, 0.4) is 0 Å². The first-order valence-corrected chi connectivity index (χ1v) is 6.29. The lowest BCUT2D eigenvalue weighted by Crippen LogP contribution is -2.18. The van der Waals surface area contributed by atoms with Crippen LogP contribution in [0.25, 0.3) is 11.4 Å². The molecule has 4 rings (SSSR count). The monoisotopic (exact) mass is 265 g/mol. The zero-order chi connectivity index (χ0) is 13.7. The molecule has 0 aromatic carbocycles. The second kappa shape index (κ2) is 3.86. The van der Waals surface area contributed by atoms with Gasteiger partial charge < -0.3 is 0 Å². The van der Waals surface area contributed by atoms with Crippen molar-refractivity contribution in [3.8, 4) is 11.4 Å². The van der Waals surface area contributed by atoms with Gasteiger partial charge in [0, 0.05) is 19.3 Å². The molecule has 0 spiro atoms. The van der Waals surface area contributed by atoms with E-state index in [1.807, 2.05) is 48.2 Å². The van der Waals surface area contributed by atoms with Crippen LogP contribution in [0.2, 0.25) is 0 Å². The van der Waals surface area contributed by atoms with Crippen LogP contribution in [-0.4, -0.2) is 25.0 Å². The van der Waals surface area contributed by atoms with Gasteiger partial charge in [-0.1, -0.05) is 18.2 Å². The third-order valence-corrected chi connectivity index (χ3v) is 3.40. The number of fused-ring (bicyclic) bond motifs is 3. The Kier molecular flexibility index (Phi) is 2.14. The van der Waals surface area contributed by atoms with Gasteiger partial charge in [-0.25, -0.2) is 4.99 Å². The van der Waals surface area contributed by atoms with Crippen LogP contribution in [-0.2, 0) is 7.05 Å². The summed E-state index contributed by atoms with van der Waals surface area (Å²) in [6.07, 6.45) is 9.72. The molecule has 2 aliphatic rings. The Labute approximate surface area is 114 Å². The van der Waals surface area contributed by atoms with Crippen molar-refractivity contribution in [1.29, 1.82) is 0 Å². The lowest BCUT2D eigenvalue weighted by atomic mass is 10.1. The summed E-state index contributed by atoms with van der Waals surface area (Å²) in [4.78, 5) is 20.2. The summed E-state index contributed by atoms with van der Waals surface area (Å²) in [7, 11) is 1.85. The highest BCUT2D eigenvalue weighted by atomic mass is 16.1. The molecule has 0 radical (unpaired) electrons. The standard InChI is InChI=1S/C14H11N5O/c1-18-7-6-10(17-18)12-8-13(20)16-14-15-9-4-2-3-5-11(9)19(12)14/h2-8,11H,1H3. The smallest absolute Gasteiger partial charge is 0.275 e. The van der Waals surface area contributed by atoms with Gasteiger partial charge in [-0.3, -0.25) is 14.0 Å². The van der Waals surface area contributed by atoms with Crippen LogP contribution >= 0.6 is 0 Å². The van der Waals surface area contributed by atoms with E-state index in [0.717, 1.165) is 17.1 Å². The molecule has 1 aliphatic heterocycles. The van der Waals surface area contributed by atoms with Gasteiger partial charge in [-0.05, 0) is 12.1 Å². The molecule has 0 fully saturated rings. The molecule has 6 nitrogen and oxygen atoms in total. The Morgan fingerprint density at radius 2 is 2.20 bits per heavy atom. The molecular weight excluding hydrogens is 254 g/mol. The van der Waals surface area contributed by atoms with Gasteiger partial charge in [-0.2, -0.15) is 10.1 Å². The van der Waals surface area contributed by atoms with Gasteiger partial charge in [-0.15, -0.1) is 0 Å². The minimum Gasteiger partial charge on any atom is -0.295 e. The number of nitrogens with zero attached hydrogens (tertiary/aromatic N) is 5. The minimum atomic E-state index is -0.298. The molecule has 0 amide bonds. The topological polar surface area (TPSA) is 65.1 Å². The third kappa shape index (κ3) is 1.51. The quantitative estimate of drug-likeness (QED) is 0.782. The molecule has 1 atom stereocenters. The van der Waals surface area contributed by atoms with Gasteiger partial charge in [0.25, 0.3) is 5.56 Å². The Hall–Kier alpha value is -2.76. The third-order valence-electron chi connectivity index (χ3n) is 3.40. The number of hydrogen-bond acceptors (Lipinski definition) is 4. The van der Waals surface area contributed by atoms with Crippen molar-refractivity contribution in [3.63, 3.8) is 0 Å². The summed E-state index contributed by atoms with van der Waals surface area (Å²) < 4.78 is 3.65. The fraction of sp³-hybridized carbons (Fsp3) is 0.143. The van der Waals surface area contributed by atoms with E-state index in [1.54, 1.807) is 4.68 Å². The summed E-state index contributed by atoms with van der Waals surface area (Å²) in [5.74, 6) is 0.439. The van der Waals surface area contributed by atoms with Crippen molar-refractivity contribution in [2.45, 2.75) is 6.04 Å². The predicted molar refractivity (Wildman–Crippen MR) is 75.1 cm³/mol. The van der Waals surface area contributed by atoms with E-state index >= 15 is 0 Å². The molecule has 98 valence electrons. The molecule has 1 aliphatic carbocycles. The van der Waals surface area contributed by atoms with E-state index in [-0.39, 0.29) is 11.6 Å². The van der Waals surface area contributed by atoms with E-state index in [9.17, 15) is 4.79 Å². The average Bonchev–Trinajstić information content (AvgIpc) is 3.00. The molecule has 0 bridgehead atoms. The van der Waals surface area contributed by atoms with Crippen molar-refractivity contribution < 1.29 is 0 Å². The number of aromatic nitrogens is 4. The normalized spacial score (nSPS) is 18.9. The Morgan fingerprint density at radius 3 is 3.00 bits per heavy atom. The first kappa shape index (κ1) is 11.1. The van der Waals surface area contributed by atoms with Crippen LogP contribution in [0.4, 0.5) is 5.95 Å². The zero-order valence-corrected chi connectivity index (χ0v) is 10.8. The van der Waals surface area contributed by atoms with Crippen LogP contribution in [0.5, 0.6) is 0 Å². The summed E-state index contributed by atoms with van der Waals surface area (Å²) in [5, 5.41) is 4.37. The van der Waals surface area contributed by atoms with Gasteiger partial charge in [0.1, 0.15) is 5.69 Å². The van der Waals surface area contributed by atoms with E-state index < -0.39 is 0 Å². The highest BCUT2D eigenvalue weighted by Crippen LogP contribution is 2.33. The van der Waals surface area contributed by atoms with Gasteiger partial charge in [0.05, 0.1) is 17.4 Å². The maximum atomic E-state index is 11.8. The fourth-order valence-corrected chi connectivity index (χ4v) is 2.54. The first-order chi connectivity index (χ1) is 9.72. The molecule has 0 saturated carbocycles. The molecule has 3 heterocycles. The predicted octanol–water partition coefficient (Wildman–Crippen LogP) is 1.40. The summed E-state index contributed by atoms with van der Waals surface area (Å²) >= 11 is 0. The van der Waals surface area contributed by atoms with E-state index in [2.05, 4.69) is 15.1 Å². The van der Waals surface area contributed by atoms with Gasteiger partial charge in [0.15, 0.2) is 0 Å². The van der Waals surface area contributed by atoms with Crippen LogP contribution < -0.4 is 5.56 Å². The van der Waals surface area contributed by atoms with Gasteiger partial charge in [0.2, 0.25) is 5.95 Å². The molecule has 20 heavy (non-hydrogen) atoms. The maximum Gasteiger partial charge on any atom is 0.275 e. The number of hydrogen-bond donors (Lipinski definition) is 0. The number of allylic oxidation sites excluding steroid dienone is 4. The van der Waals surface area contributed by atoms with E-state index in [0.29, 0.717) is 5.95 Å². The molecule has 6 heteroatoms. The molecule has 0 saturated heterocycles. The summed E-state index contributed by atoms with van der Waals surface area (Å²) in [5.41, 5.74) is 2.08. The maximum absolute atomic E-state index is 11.8. The summed E-state index contributed by atoms with van der Waals surface area (Å²) in [6.45, 7) is 0.